The minimum atomic E-state index is -1.76. The van der Waals surface area contributed by atoms with Gasteiger partial charge in [0.05, 0.1) is 0 Å². The van der Waals surface area contributed by atoms with Crippen LogP contribution in [-0.2, 0) is 16.1 Å². The number of halogens is 1. The number of alkyl halides is 1. The van der Waals surface area contributed by atoms with Crippen molar-refractivity contribution in [2.45, 2.75) is 44.9 Å². The molecule has 0 bridgehead atoms. The van der Waals surface area contributed by atoms with Gasteiger partial charge in [-0.3, -0.25) is 0 Å². The molecule has 1 saturated carbocycles. The molecule has 0 heterocycles. The maximum atomic E-state index is 14.4. The normalized spacial score (nSPS) is 27.8. The van der Waals surface area contributed by atoms with Crippen LogP contribution in [0.3, 0.4) is 0 Å². The molecule has 0 atom stereocenters. The first-order valence-electron chi connectivity index (χ1n) is 6.50. The second-order valence-corrected chi connectivity index (χ2v) is 5.21. The van der Waals surface area contributed by atoms with Gasteiger partial charge in [-0.2, -0.15) is 0 Å². The highest BCUT2D eigenvalue weighted by Gasteiger charge is 2.42. The Morgan fingerprint density at radius 3 is 2.56 bits per heavy atom. The van der Waals surface area contributed by atoms with Crippen LogP contribution in [0.2, 0.25) is 0 Å². The molecule has 1 aliphatic carbocycles. The molecule has 0 aromatic heterocycles. The van der Waals surface area contributed by atoms with Crippen LogP contribution in [0.15, 0.2) is 30.3 Å². The van der Waals surface area contributed by atoms with Crippen molar-refractivity contribution in [1.82, 2.24) is 0 Å². The monoisotopic (exact) mass is 250 g/mol. The molecule has 0 spiro atoms. The summed E-state index contributed by atoms with van der Waals surface area (Å²) >= 11 is 0. The number of rotatable bonds is 3. The molecule has 2 nitrogen and oxygen atoms in total. The van der Waals surface area contributed by atoms with Crippen LogP contribution in [0.4, 0.5) is 4.39 Å². The predicted octanol–water partition coefficient (Wildman–Crippen LogP) is 3.65. The SMILES string of the molecule is CC1CCC(F)(C(=O)OCc2ccccc2)CC1. The summed E-state index contributed by atoms with van der Waals surface area (Å²) in [6.07, 6.45) is 2.11. The Hall–Kier alpha value is -1.38. The van der Waals surface area contributed by atoms with Crippen LogP contribution in [0, 0.1) is 5.92 Å². The van der Waals surface area contributed by atoms with Crippen molar-refractivity contribution < 1.29 is 13.9 Å². The fraction of sp³-hybridized carbons (Fsp3) is 0.533. The summed E-state index contributed by atoms with van der Waals surface area (Å²) in [5.41, 5.74) is -0.875. The molecule has 1 aromatic carbocycles. The van der Waals surface area contributed by atoms with Crippen molar-refractivity contribution >= 4 is 5.97 Å². The van der Waals surface area contributed by atoms with Crippen molar-refractivity contribution in [2.75, 3.05) is 0 Å². The topological polar surface area (TPSA) is 26.3 Å². The predicted molar refractivity (Wildman–Crippen MR) is 67.7 cm³/mol. The second kappa shape index (κ2) is 5.51. The molecule has 0 aliphatic heterocycles. The van der Waals surface area contributed by atoms with Gasteiger partial charge in [-0.15, -0.1) is 0 Å². The first kappa shape index (κ1) is 13.1. The average molecular weight is 250 g/mol. The van der Waals surface area contributed by atoms with Gasteiger partial charge in [0.2, 0.25) is 5.67 Å². The lowest BCUT2D eigenvalue weighted by molar-refractivity contribution is -0.162. The molecule has 0 radical (unpaired) electrons. The molecule has 3 heteroatoms. The third kappa shape index (κ3) is 3.09. The molecule has 1 aliphatic rings. The Morgan fingerprint density at radius 2 is 1.94 bits per heavy atom. The third-order valence-electron chi connectivity index (χ3n) is 3.65. The lowest BCUT2D eigenvalue weighted by atomic mass is 9.81. The van der Waals surface area contributed by atoms with Gasteiger partial charge < -0.3 is 4.74 Å². The van der Waals surface area contributed by atoms with E-state index in [1.165, 1.54) is 0 Å². The van der Waals surface area contributed by atoms with E-state index < -0.39 is 11.6 Å². The zero-order valence-corrected chi connectivity index (χ0v) is 10.7. The number of carbonyl (C=O) groups is 1. The highest BCUT2D eigenvalue weighted by molar-refractivity contribution is 5.79. The summed E-state index contributed by atoms with van der Waals surface area (Å²) in [5.74, 6) is -0.186. The summed E-state index contributed by atoms with van der Waals surface area (Å²) in [6, 6.07) is 9.36. The molecule has 1 fully saturated rings. The average Bonchev–Trinajstić information content (AvgIpc) is 2.41. The van der Waals surface area contributed by atoms with Crippen molar-refractivity contribution in [3.05, 3.63) is 35.9 Å². The number of hydrogen-bond donors (Lipinski definition) is 0. The summed E-state index contributed by atoms with van der Waals surface area (Å²) in [4.78, 5) is 11.8. The van der Waals surface area contributed by atoms with Crippen LogP contribution in [-0.4, -0.2) is 11.6 Å². The number of hydrogen-bond acceptors (Lipinski definition) is 2. The van der Waals surface area contributed by atoms with Gasteiger partial charge in [0.1, 0.15) is 6.61 Å². The van der Waals surface area contributed by atoms with Gasteiger partial charge in [-0.05, 0) is 37.2 Å². The maximum Gasteiger partial charge on any atom is 0.344 e. The summed E-state index contributed by atoms with van der Waals surface area (Å²) in [5, 5.41) is 0. The van der Waals surface area contributed by atoms with Crippen molar-refractivity contribution in [3.8, 4) is 0 Å². The number of benzene rings is 1. The fourth-order valence-electron chi connectivity index (χ4n) is 2.28. The Balaban J connectivity index is 1.88. The van der Waals surface area contributed by atoms with Gasteiger partial charge >= 0.3 is 5.97 Å². The van der Waals surface area contributed by atoms with Gasteiger partial charge in [0.25, 0.3) is 0 Å². The van der Waals surface area contributed by atoms with E-state index in [0.717, 1.165) is 18.4 Å². The molecule has 2 rings (SSSR count). The number of esters is 1. The molecule has 18 heavy (non-hydrogen) atoms. The standard InChI is InChI=1S/C15H19FO2/c1-12-7-9-15(16,10-8-12)14(17)18-11-13-5-3-2-4-6-13/h2-6,12H,7-11H2,1H3. The maximum absolute atomic E-state index is 14.4. The number of carbonyl (C=O) groups excluding carboxylic acids is 1. The highest BCUT2D eigenvalue weighted by atomic mass is 19.1. The summed E-state index contributed by atoms with van der Waals surface area (Å²) in [6.45, 7) is 2.25. The minimum Gasteiger partial charge on any atom is -0.458 e. The van der Waals surface area contributed by atoms with E-state index in [1.54, 1.807) is 0 Å². The molecule has 98 valence electrons. The van der Waals surface area contributed by atoms with E-state index in [0.29, 0.717) is 18.8 Å². The lowest BCUT2D eigenvalue weighted by Gasteiger charge is -2.30. The van der Waals surface area contributed by atoms with Gasteiger partial charge in [-0.25, -0.2) is 9.18 Å². The van der Waals surface area contributed by atoms with Crippen molar-refractivity contribution in [1.29, 1.82) is 0 Å². The molecule has 0 saturated heterocycles. The largest absolute Gasteiger partial charge is 0.458 e. The van der Waals surface area contributed by atoms with E-state index in [9.17, 15) is 9.18 Å². The molecule has 0 unspecified atom stereocenters. The van der Waals surface area contributed by atoms with Gasteiger partial charge in [-0.1, -0.05) is 37.3 Å². The minimum absolute atomic E-state index is 0.154. The van der Waals surface area contributed by atoms with E-state index in [4.69, 9.17) is 4.74 Å². The molecular formula is C15H19FO2. The Morgan fingerprint density at radius 1 is 1.33 bits per heavy atom. The van der Waals surface area contributed by atoms with E-state index in [-0.39, 0.29) is 6.61 Å². The smallest absolute Gasteiger partial charge is 0.344 e. The Bertz CT molecular complexity index is 394. The van der Waals surface area contributed by atoms with Crippen LogP contribution in [0.5, 0.6) is 0 Å². The Kier molecular flexibility index (Phi) is 4.00. The number of ether oxygens (including phenoxy) is 1. The molecule has 1 aromatic rings. The van der Waals surface area contributed by atoms with E-state index in [1.807, 2.05) is 30.3 Å². The molecule has 0 N–H and O–H groups in total. The fourth-order valence-corrected chi connectivity index (χ4v) is 2.28. The van der Waals surface area contributed by atoms with Crippen LogP contribution in [0.25, 0.3) is 0 Å². The zero-order valence-electron chi connectivity index (χ0n) is 10.7. The van der Waals surface area contributed by atoms with E-state index in [2.05, 4.69) is 6.92 Å². The molecular weight excluding hydrogens is 231 g/mol. The highest BCUT2D eigenvalue weighted by Crippen LogP contribution is 2.36. The van der Waals surface area contributed by atoms with Crippen LogP contribution < -0.4 is 0 Å². The zero-order chi connectivity index (χ0) is 13.0. The van der Waals surface area contributed by atoms with Crippen LogP contribution >= 0.6 is 0 Å². The first-order chi connectivity index (χ1) is 8.60. The first-order valence-corrected chi connectivity index (χ1v) is 6.50. The van der Waals surface area contributed by atoms with Gasteiger partial charge in [0, 0.05) is 0 Å². The lowest BCUT2D eigenvalue weighted by Crippen LogP contribution is -2.39. The third-order valence-corrected chi connectivity index (χ3v) is 3.65. The Labute approximate surface area is 107 Å². The van der Waals surface area contributed by atoms with Gasteiger partial charge in [0.15, 0.2) is 0 Å². The summed E-state index contributed by atoms with van der Waals surface area (Å²) in [7, 11) is 0. The molecule has 0 amide bonds. The van der Waals surface area contributed by atoms with Crippen molar-refractivity contribution in [2.24, 2.45) is 5.92 Å². The van der Waals surface area contributed by atoms with Crippen LogP contribution in [0.1, 0.15) is 38.2 Å². The summed E-state index contributed by atoms with van der Waals surface area (Å²) < 4.78 is 19.5. The van der Waals surface area contributed by atoms with Crippen molar-refractivity contribution in [3.63, 3.8) is 0 Å². The van der Waals surface area contributed by atoms with E-state index >= 15 is 0 Å². The second-order valence-electron chi connectivity index (χ2n) is 5.21. The quantitative estimate of drug-likeness (QED) is 0.765.